The Hall–Kier alpha value is -1.98. The Balaban J connectivity index is 1.30. The summed E-state index contributed by atoms with van der Waals surface area (Å²) in [5.41, 5.74) is 2.42. The molecule has 0 saturated carbocycles. The Morgan fingerprint density at radius 2 is 2.03 bits per heavy atom. The standard InChI is InChI=1S/C18H13Cl2N5O2S3/c1-9-21-11(6-28-9)5-16-24-25-18(27-16)30-8-15(26)23-17-22-14(7-29-17)10-2-3-12(19)13(20)4-10/h2-4,6-7H,5,8H2,1H3,(H,22,23,26). The number of amides is 1. The summed E-state index contributed by atoms with van der Waals surface area (Å²) in [6, 6.07) is 5.27. The first-order valence-electron chi connectivity index (χ1n) is 8.53. The molecule has 0 spiro atoms. The Morgan fingerprint density at radius 3 is 2.80 bits per heavy atom. The van der Waals surface area contributed by atoms with Gasteiger partial charge < -0.3 is 9.73 Å². The predicted molar refractivity (Wildman–Crippen MR) is 121 cm³/mol. The van der Waals surface area contributed by atoms with E-state index in [0.717, 1.165) is 16.3 Å². The smallest absolute Gasteiger partial charge is 0.277 e. The van der Waals surface area contributed by atoms with E-state index < -0.39 is 0 Å². The summed E-state index contributed by atoms with van der Waals surface area (Å²) < 4.78 is 5.57. The van der Waals surface area contributed by atoms with Gasteiger partial charge in [0, 0.05) is 16.3 Å². The van der Waals surface area contributed by atoms with E-state index in [1.807, 2.05) is 23.8 Å². The second-order valence-electron chi connectivity index (χ2n) is 6.00. The minimum atomic E-state index is -0.218. The molecule has 3 aromatic heterocycles. The number of hydrogen-bond acceptors (Lipinski definition) is 9. The highest BCUT2D eigenvalue weighted by atomic mass is 35.5. The van der Waals surface area contributed by atoms with Crippen LogP contribution in [0.25, 0.3) is 11.3 Å². The normalized spacial score (nSPS) is 11.0. The fourth-order valence-corrected chi connectivity index (χ4v) is 4.64. The second kappa shape index (κ2) is 9.44. The lowest BCUT2D eigenvalue weighted by atomic mass is 10.2. The van der Waals surface area contributed by atoms with E-state index in [2.05, 4.69) is 25.5 Å². The first-order chi connectivity index (χ1) is 14.5. The number of carbonyl (C=O) groups excluding carboxylic acids is 1. The Labute approximate surface area is 193 Å². The van der Waals surface area contributed by atoms with Crippen LogP contribution in [0.2, 0.25) is 10.0 Å². The highest BCUT2D eigenvalue weighted by Gasteiger charge is 2.13. The summed E-state index contributed by atoms with van der Waals surface area (Å²) in [5.74, 6) is 0.374. The molecule has 0 unspecified atom stereocenters. The topological polar surface area (TPSA) is 93.8 Å². The summed E-state index contributed by atoms with van der Waals surface area (Å²) in [7, 11) is 0. The first-order valence-corrected chi connectivity index (χ1v) is 12.0. The van der Waals surface area contributed by atoms with Crippen molar-refractivity contribution >= 4 is 68.7 Å². The lowest BCUT2D eigenvalue weighted by molar-refractivity contribution is -0.113. The van der Waals surface area contributed by atoms with E-state index in [4.69, 9.17) is 27.6 Å². The molecule has 7 nitrogen and oxygen atoms in total. The Kier molecular flexibility index (Phi) is 6.69. The maximum atomic E-state index is 12.2. The average molecular weight is 498 g/mol. The van der Waals surface area contributed by atoms with Crippen molar-refractivity contribution in [3.05, 3.63) is 55.6 Å². The number of nitrogens with zero attached hydrogens (tertiary/aromatic N) is 4. The van der Waals surface area contributed by atoms with Crippen LogP contribution in [0, 0.1) is 6.92 Å². The van der Waals surface area contributed by atoms with Gasteiger partial charge >= 0.3 is 0 Å². The average Bonchev–Trinajstić information content (AvgIpc) is 3.45. The molecule has 154 valence electrons. The van der Waals surface area contributed by atoms with Gasteiger partial charge in [-0.25, -0.2) is 9.97 Å². The van der Waals surface area contributed by atoms with Crippen LogP contribution >= 0.6 is 57.6 Å². The number of aromatic nitrogens is 4. The van der Waals surface area contributed by atoms with Gasteiger partial charge in [0.15, 0.2) is 5.13 Å². The van der Waals surface area contributed by atoms with Crippen LogP contribution in [0.3, 0.4) is 0 Å². The van der Waals surface area contributed by atoms with Crippen LogP contribution in [0.1, 0.15) is 16.6 Å². The van der Waals surface area contributed by atoms with Gasteiger partial charge in [0.2, 0.25) is 11.8 Å². The van der Waals surface area contributed by atoms with E-state index >= 15 is 0 Å². The van der Waals surface area contributed by atoms with Gasteiger partial charge in [-0.3, -0.25) is 4.79 Å². The van der Waals surface area contributed by atoms with Gasteiger partial charge in [-0.1, -0.05) is 41.0 Å². The number of thioether (sulfide) groups is 1. The van der Waals surface area contributed by atoms with Gasteiger partial charge in [0.05, 0.1) is 38.6 Å². The van der Waals surface area contributed by atoms with Crippen molar-refractivity contribution in [2.75, 3.05) is 11.1 Å². The zero-order chi connectivity index (χ0) is 21.1. The molecule has 12 heteroatoms. The van der Waals surface area contributed by atoms with Gasteiger partial charge in [-0.2, -0.15) is 0 Å². The molecular formula is C18H13Cl2N5O2S3. The van der Waals surface area contributed by atoms with Gasteiger partial charge in [0.1, 0.15) is 0 Å². The van der Waals surface area contributed by atoms with Crippen LogP contribution in [0.5, 0.6) is 0 Å². The summed E-state index contributed by atoms with van der Waals surface area (Å²) in [4.78, 5) is 21.0. The zero-order valence-corrected chi connectivity index (χ0v) is 19.3. The maximum Gasteiger partial charge on any atom is 0.277 e. The molecule has 1 amide bonds. The minimum Gasteiger partial charge on any atom is -0.416 e. The highest BCUT2D eigenvalue weighted by Crippen LogP contribution is 2.30. The van der Waals surface area contributed by atoms with Crippen molar-refractivity contribution in [1.82, 2.24) is 20.2 Å². The van der Waals surface area contributed by atoms with Crippen LogP contribution in [0.15, 0.2) is 38.6 Å². The number of aryl methyl sites for hydroxylation is 1. The third kappa shape index (κ3) is 5.38. The molecule has 0 fully saturated rings. The SMILES string of the molecule is Cc1nc(Cc2nnc(SCC(=O)Nc3nc(-c4ccc(Cl)c(Cl)c4)cs3)o2)cs1. The fraction of sp³-hybridized carbons (Fsp3) is 0.167. The Bertz CT molecular complexity index is 1190. The van der Waals surface area contributed by atoms with Crippen molar-refractivity contribution in [2.24, 2.45) is 0 Å². The quantitative estimate of drug-likeness (QED) is 0.332. The van der Waals surface area contributed by atoms with Crippen molar-refractivity contribution in [3.8, 4) is 11.3 Å². The number of hydrogen-bond donors (Lipinski definition) is 1. The summed E-state index contributed by atoms with van der Waals surface area (Å²) in [6.45, 7) is 1.94. The van der Waals surface area contributed by atoms with Gasteiger partial charge in [0.25, 0.3) is 5.22 Å². The monoisotopic (exact) mass is 497 g/mol. The number of carbonyl (C=O) groups is 1. The number of anilines is 1. The third-order valence-electron chi connectivity index (χ3n) is 3.74. The third-order valence-corrected chi connectivity index (χ3v) is 6.88. The molecule has 1 N–H and O–H groups in total. The maximum absolute atomic E-state index is 12.2. The molecule has 0 aliphatic carbocycles. The number of rotatable bonds is 7. The van der Waals surface area contributed by atoms with Crippen LogP contribution in [-0.2, 0) is 11.2 Å². The van der Waals surface area contributed by atoms with Crippen molar-refractivity contribution in [1.29, 1.82) is 0 Å². The summed E-state index contributed by atoms with van der Waals surface area (Å²) >= 11 is 16.1. The first kappa shape index (κ1) is 21.3. The summed E-state index contributed by atoms with van der Waals surface area (Å²) in [6.07, 6.45) is 0.473. The van der Waals surface area contributed by atoms with E-state index in [1.54, 1.807) is 23.5 Å². The van der Waals surface area contributed by atoms with Crippen LogP contribution in [0.4, 0.5) is 5.13 Å². The van der Waals surface area contributed by atoms with Crippen LogP contribution in [-0.4, -0.2) is 31.8 Å². The lowest BCUT2D eigenvalue weighted by Gasteiger charge is -2.00. The molecule has 3 heterocycles. The predicted octanol–water partition coefficient (Wildman–Crippen LogP) is 5.59. The Morgan fingerprint density at radius 1 is 1.17 bits per heavy atom. The van der Waals surface area contributed by atoms with E-state index in [9.17, 15) is 4.79 Å². The molecule has 0 bridgehead atoms. The zero-order valence-electron chi connectivity index (χ0n) is 15.4. The van der Waals surface area contributed by atoms with Crippen molar-refractivity contribution in [3.63, 3.8) is 0 Å². The number of benzene rings is 1. The molecule has 0 radical (unpaired) electrons. The van der Waals surface area contributed by atoms with E-state index in [0.29, 0.717) is 38.4 Å². The number of nitrogens with one attached hydrogen (secondary N) is 1. The minimum absolute atomic E-state index is 0.124. The summed E-state index contributed by atoms with van der Waals surface area (Å²) in [5, 5.41) is 17.3. The van der Waals surface area contributed by atoms with Gasteiger partial charge in [-0.15, -0.1) is 32.9 Å². The largest absolute Gasteiger partial charge is 0.416 e. The molecule has 0 aliphatic rings. The molecule has 4 aromatic rings. The van der Waals surface area contributed by atoms with Crippen molar-refractivity contribution < 1.29 is 9.21 Å². The number of halogens is 2. The van der Waals surface area contributed by atoms with E-state index in [-0.39, 0.29) is 11.7 Å². The molecule has 4 rings (SSSR count). The molecule has 1 aromatic carbocycles. The van der Waals surface area contributed by atoms with E-state index in [1.165, 1.54) is 23.1 Å². The molecule has 0 aliphatic heterocycles. The lowest BCUT2D eigenvalue weighted by Crippen LogP contribution is -2.13. The molecule has 0 atom stereocenters. The molecule has 30 heavy (non-hydrogen) atoms. The highest BCUT2D eigenvalue weighted by molar-refractivity contribution is 7.99. The second-order valence-corrected chi connectivity index (χ2v) is 9.66. The number of thiazole rings is 2. The van der Waals surface area contributed by atoms with Crippen LogP contribution < -0.4 is 5.32 Å². The fourth-order valence-electron chi connectivity index (χ4n) is 2.41. The molecular weight excluding hydrogens is 485 g/mol. The van der Waals surface area contributed by atoms with Crippen molar-refractivity contribution in [2.45, 2.75) is 18.6 Å². The van der Waals surface area contributed by atoms with Gasteiger partial charge in [-0.05, 0) is 19.1 Å². The molecule has 0 saturated heterocycles.